The monoisotopic (exact) mass is 340 g/mol. The number of hydrogen-bond donors (Lipinski definition) is 1. The molecule has 122 valence electrons. The SMILES string of the molecule is C[S@@](=O)c1cccc(N[C@H](c2ccccc2)c2ccc(F)cn2)c1. The van der Waals surface area contributed by atoms with E-state index in [1.54, 1.807) is 12.3 Å². The Morgan fingerprint density at radius 1 is 1.04 bits per heavy atom. The van der Waals surface area contributed by atoms with Crippen molar-refractivity contribution >= 4 is 16.5 Å². The number of halogens is 1. The Bertz CT molecular complexity index is 838. The molecule has 0 aliphatic rings. The predicted molar refractivity (Wildman–Crippen MR) is 94.9 cm³/mol. The van der Waals surface area contributed by atoms with Crippen LogP contribution in [0.5, 0.6) is 0 Å². The number of anilines is 1. The second kappa shape index (κ2) is 7.36. The van der Waals surface area contributed by atoms with Gasteiger partial charge < -0.3 is 5.32 Å². The third kappa shape index (κ3) is 3.86. The zero-order chi connectivity index (χ0) is 16.9. The van der Waals surface area contributed by atoms with Crippen LogP contribution in [0.3, 0.4) is 0 Å². The average Bonchev–Trinajstić information content (AvgIpc) is 2.61. The molecule has 3 rings (SSSR count). The second-order valence-electron chi connectivity index (χ2n) is 5.37. The number of nitrogens with one attached hydrogen (secondary N) is 1. The van der Waals surface area contributed by atoms with Crippen molar-refractivity contribution in [1.82, 2.24) is 4.98 Å². The lowest BCUT2D eigenvalue weighted by atomic mass is 10.0. The number of nitrogens with zero attached hydrogens (tertiary/aromatic N) is 1. The van der Waals surface area contributed by atoms with Gasteiger partial charge in [0.05, 0.1) is 17.9 Å². The summed E-state index contributed by atoms with van der Waals surface area (Å²) in [4.78, 5) is 4.96. The van der Waals surface area contributed by atoms with Crippen LogP contribution >= 0.6 is 0 Å². The van der Waals surface area contributed by atoms with E-state index in [1.807, 2.05) is 54.6 Å². The van der Waals surface area contributed by atoms with Crippen LogP contribution in [0.4, 0.5) is 10.1 Å². The van der Waals surface area contributed by atoms with Gasteiger partial charge in [-0.05, 0) is 35.9 Å². The second-order valence-corrected chi connectivity index (χ2v) is 6.75. The molecule has 0 saturated heterocycles. The first-order valence-corrected chi connectivity index (χ1v) is 9.06. The molecular weight excluding hydrogens is 323 g/mol. The molecule has 0 fully saturated rings. The number of benzene rings is 2. The molecule has 0 amide bonds. The summed E-state index contributed by atoms with van der Waals surface area (Å²) in [5.41, 5.74) is 2.56. The molecule has 3 aromatic rings. The van der Waals surface area contributed by atoms with Crippen molar-refractivity contribution in [2.75, 3.05) is 11.6 Å². The Balaban J connectivity index is 1.98. The molecule has 5 heteroatoms. The van der Waals surface area contributed by atoms with Crippen molar-refractivity contribution in [1.29, 1.82) is 0 Å². The van der Waals surface area contributed by atoms with Crippen molar-refractivity contribution in [3.8, 4) is 0 Å². The summed E-state index contributed by atoms with van der Waals surface area (Å²) >= 11 is 0. The van der Waals surface area contributed by atoms with Crippen molar-refractivity contribution in [3.63, 3.8) is 0 Å². The molecular formula is C19H17FN2OS. The van der Waals surface area contributed by atoms with Crippen LogP contribution in [0.2, 0.25) is 0 Å². The third-order valence-electron chi connectivity index (χ3n) is 3.66. The van der Waals surface area contributed by atoms with Gasteiger partial charge in [0.25, 0.3) is 0 Å². The van der Waals surface area contributed by atoms with E-state index in [9.17, 15) is 8.60 Å². The summed E-state index contributed by atoms with van der Waals surface area (Å²) in [5.74, 6) is -0.367. The van der Waals surface area contributed by atoms with Gasteiger partial charge in [0, 0.05) is 27.6 Å². The van der Waals surface area contributed by atoms with Gasteiger partial charge >= 0.3 is 0 Å². The first-order chi connectivity index (χ1) is 11.6. The summed E-state index contributed by atoms with van der Waals surface area (Å²) in [5, 5.41) is 3.41. The summed E-state index contributed by atoms with van der Waals surface area (Å²) in [6, 6.07) is 20.1. The lowest BCUT2D eigenvalue weighted by molar-refractivity contribution is 0.618. The number of hydrogen-bond acceptors (Lipinski definition) is 3. The average molecular weight is 340 g/mol. The molecule has 3 nitrogen and oxygen atoms in total. The number of rotatable bonds is 5. The van der Waals surface area contributed by atoms with Gasteiger partial charge in [0.15, 0.2) is 0 Å². The molecule has 0 unspecified atom stereocenters. The lowest BCUT2D eigenvalue weighted by Crippen LogP contribution is -2.14. The minimum Gasteiger partial charge on any atom is -0.373 e. The highest BCUT2D eigenvalue weighted by Crippen LogP contribution is 2.26. The molecule has 1 aromatic heterocycles. The minimum absolute atomic E-state index is 0.229. The molecule has 24 heavy (non-hydrogen) atoms. The van der Waals surface area contributed by atoms with Gasteiger partial charge in [0.1, 0.15) is 5.82 Å². The summed E-state index contributed by atoms with van der Waals surface area (Å²) < 4.78 is 24.9. The molecule has 0 spiro atoms. The first kappa shape index (κ1) is 16.3. The minimum atomic E-state index is -1.05. The fourth-order valence-corrected chi connectivity index (χ4v) is 3.03. The molecule has 0 aliphatic carbocycles. The Morgan fingerprint density at radius 3 is 2.50 bits per heavy atom. The van der Waals surface area contributed by atoms with E-state index < -0.39 is 10.8 Å². The van der Waals surface area contributed by atoms with E-state index in [4.69, 9.17) is 0 Å². The van der Waals surface area contributed by atoms with Crippen molar-refractivity contribution in [2.24, 2.45) is 0 Å². The van der Waals surface area contributed by atoms with Crippen LogP contribution in [-0.4, -0.2) is 15.4 Å². The third-order valence-corrected chi connectivity index (χ3v) is 4.57. The van der Waals surface area contributed by atoms with Crippen LogP contribution in [-0.2, 0) is 10.8 Å². The maximum absolute atomic E-state index is 13.2. The molecule has 0 aliphatic heterocycles. The zero-order valence-electron chi connectivity index (χ0n) is 13.1. The highest BCUT2D eigenvalue weighted by atomic mass is 32.2. The molecule has 0 radical (unpaired) electrons. The summed E-state index contributed by atoms with van der Waals surface area (Å²) in [6.07, 6.45) is 2.86. The van der Waals surface area contributed by atoms with E-state index in [0.29, 0.717) is 5.69 Å². The Morgan fingerprint density at radius 2 is 1.83 bits per heavy atom. The van der Waals surface area contributed by atoms with E-state index in [-0.39, 0.29) is 11.9 Å². The summed E-state index contributed by atoms with van der Waals surface area (Å²) in [6.45, 7) is 0. The van der Waals surface area contributed by atoms with Gasteiger partial charge in [-0.25, -0.2) is 4.39 Å². The largest absolute Gasteiger partial charge is 0.373 e. The smallest absolute Gasteiger partial charge is 0.141 e. The van der Waals surface area contributed by atoms with Gasteiger partial charge in [-0.3, -0.25) is 9.19 Å². The maximum atomic E-state index is 13.2. The Hall–Kier alpha value is -2.53. The van der Waals surface area contributed by atoms with Crippen molar-refractivity contribution < 1.29 is 8.60 Å². The van der Waals surface area contributed by atoms with Crippen LogP contribution < -0.4 is 5.32 Å². The first-order valence-electron chi connectivity index (χ1n) is 7.50. The van der Waals surface area contributed by atoms with Gasteiger partial charge in [-0.1, -0.05) is 36.4 Å². The highest BCUT2D eigenvalue weighted by molar-refractivity contribution is 7.84. The van der Waals surface area contributed by atoms with E-state index in [1.165, 1.54) is 12.3 Å². The van der Waals surface area contributed by atoms with E-state index >= 15 is 0 Å². The van der Waals surface area contributed by atoms with Crippen LogP contribution in [0.25, 0.3) is 0 Å². The molecule has 2 aromatic carbocycles. The van der Waals surface area contributed by atoms with Crippen LogP contribution in [0, 0.1) is 5.82 Å². The van der Waals surface area contributed by atoms with Gasteiger partial charge in [-0.2, -0.15) is 0 Å². The zero-order valence-corrected chi connectivity index (χ0v) is 14.0. The van der Waals surface area contributed by atoms with Crippen LogP contribution in [0.15, 0.2) is 77.8 Å². The topological polar surface area (TPSA) is 42.0 Å². The molecule has 0 bridgehead atoms. The maximum Gasteiger partial charge on any atom is 0.141 e. The number of aromatic nitrogens is 1. The Labute approximate surface area is 143 Å². The fourth-order valence-electron chi connectivity index (χ4n) is 2.46. The summed E-state index contributed by atoms with van der Waals surface area (Å²) in [7, 11) is -1.05. The van der Waals surface area contributed by atoms with Crippen LogP contribution in [0.1, 0.15) is 17.3 Å². The normalized spacial score (nSPS) is 13.2. The van der Waals surface area contributed by atoms with Gasteiger partial charge in [-0.15, -0.1) is 0 Å². The quantitative estimate of drug-likeness (QED) is 0.758. The van der Waals surface area contributed by atoms with E-state index in [0.717, 1.165) is 16.1 Å². The number of pyridine rings is 1. The molecule has 1 N–H and O–H groups in total. The van der Waals surface area contributed by atoms with Crippen molar-refractivity contribution in [3.05, 3.63) is 90.0 Å². The van der Waals surface area contributed by atoms with E-state index in [2.05, 4.69) is 10.3 Å². The fraction of sp³-hybridized carbons (Fsp3) is 0.105. The van der Waals surface area contributed by atoms with Crippen molar-refractivity contribution in [2.45, 2.75) is 10.9 Å². The molecule has 1 heterocycles. The molecule has 2 atom stereocenters. The highest BCUT2D eigenvalue weighted by Gasteiger charge is 2.15. The molecule has 0 saturated carbocycles. The Kier molecular flexibility index (Phi) is 5.01. The van der Waals surface area contributed by atoms with Gasteiger partial charge in [0.2, 0.25) is 0 Å². The lowest BCUT2D eigenvalue weighted by Gasteiger charge is -2.20. The predicted octanol–water partition coefficient (Wildman–Crippen LogP) is 4.16. The standard InChI is InChI=1S/C19H17FN2OS/c1-24(23)17-9-5-8-16(12-17)22-19(14-6-3-2-4-7-14)18-11-10-15(20)13-21-18/h2-13,19,22H,1H3/t19-,24-/m1/s1.